The van der Waals surface area contributed by atoms with Crippen LogP contribution in [0.2, 0.25) is 0 Å². The second-order valence-electron chi connectivity index (χ2n) is 9.33. The summed E-state index contributed by atoms with van der Waals surface area (Å²) < 4.78 is 29.3. The first-order valence-corrected chi connectivity index (χ1v) is 13.7. The van der Waals surface area contributed by atoms with Crippen molar-refractivity contribution in [3.63, 3.8) is 0 Å². The number of carbonyl (C=O) groups excluding carboxylic acids is 1. The molecule has 204 valence electrons. The lowest BCUT2D eigenvalue weighted by molar-refractivity contribution is -0.151. The van der Waals surface area contributed by atoms with Gasteiger partial charge in [0, 0.05) is 19.2 Å². The molecule has 0 spiro atoms. The van der Waals surface area contributed by atoms with Crippen molar-refractivity contribution in [1.29, 1.82) is 0 Å². The molecule has 0 saturated heterocycles. The number of carbonyl (C=O) groups is 2. The number of hydrogen-bond donors (Lipinski definition) is 6. The second kappa shape index (κ2) is 12.5. The minimum Gasteiger partial charge on any atom is -0.478 e. The number of oxime groups is 1. The number of unbranched alkanes of at least 4 members (excludes halogenated alkanes) is 2. The molecule has 0 aromatic heterocycles. The largest absolute Gasteiger partial charge is 0.478 e. The molecule has 0 radical (unpaired) electrons. The molecule has 12 nitrogen and oxygen atoms in total. The third-order valence-electron chi connectivity index (χ3n) is 6.16. The number of nitrogens with zero attached hydrogens (tertiary/aromatic N) is 1. The van der Waals surface area contributed by atoms with Gasteiger partial charge in [-0.3, -0.25) is 15.4 Å². The van der Waals surface area contributed by atoms with Crippen molar-refractivity contribution in [3.05, 3.63) is 41.1 Å². The minimum atomic E-state index is -4.33. The molecule has 13 heteroatoms. The summed E-state index contributed by atoms with van der Waals surface area (Å²) in [6, 6.07) is 3.43. The Kier molecular flexibility index (Phi) is 9.65. The first-order valence-electron chi connectivity index (χ1n) is 12.3. The molecule has 1 aromatic rings. The molecule has 1 aromatic carbocycles. The quantitative estimate of drug-likeness (QED) is 0.157. The zero-order valence-electron chi connectivity index (χ0n) is 21.3. The van der Waals surface area contributed by atoms with E-state index in [0.29, 0.717) is 30.5 Å². The van der Waals surface area contributed by atoms with Crippen LogP contribution in [0.4, 0.5) is 0 Å². The summed E-state index contributed by atoms with van der Waals surface area (Å²) in [5.41, 5.74) is -0.424. The summed E-state index contributed by atoms with van der Waals surface area (Å²) in [5.74, 6) is -2.27. The van der Waals surface area contributed by atoms with Gasteiger partial charge >= 0.3 is 5.97 Å². The van der Waals surface area contributed by atoms with Crippen LogP contribution < -0.4 is 26.0 Å². The lowest BCUT2D eigenvalue weighted by Crippen LogP contribution is -2.66. The van der Waals surface area contributed by atoms with Gasteiger partial charge in [-0.05, 0) is 63.9 Å². The van der Waals surface area contributed by atoms with Gasteiger partial charge in [-0.25, -0.2) is 13.2 Å². The molecule has 3 rings (SSSR count). The van der Waals surface area contributed by atoms with Crippen LogP contribution >= 0.6 is 0 Å². The number of carboxylic acid groups (broad SMARTS) is 1. The fourth-order valence-corrected chi connectivity index (χ4v) is 6.26. The Morgan fingerprint density at radius 2 is 1.92 bits per heavy atom. The highest BCUT2D eigenvalue weighted by atomic mass is 32.2. The van der Waals surface area contributed by atoms with Crippen LogP contribution in [0.15, 0.2) is 34.5 Å². The first-order chi connectivity index (χ1) is 17.5. The van der Waals surface area contributed by atoms with Crippen LogP contribution in [0.1, 0.15) is 48.8 Å². The van der Waals surface area contributed by atoms with Crippen molar-refractivity contribution in [2.75, 3.05) is 13.1 Å². The normalized spacial score (nSPS) is 20.6. The van der Waals surface area contributed by atoms with Gasteiger partial charge in [0.25, 0.3) is 5.91 Å². The van der Waals surface area contributed by atoms with Gasteiger partial charge < -0.3 is 20.6 Å². The number of sulfonamides is 1. The molecule has 37 heavy (non-hydrogen) atoms. The highest BCUT2D eigenvalue weighted by Crippen LogP contribution is 2.25. The predicted octanol–water partition coefficient (Wildman–Crippen LogP) is 0.702. The van der Waals surface area contributed by atoms with Crippen LogP contribution in [0, 0.1) is 20.8 Å². The number of benzene rings is 1. The number of amides is 1. The smallest absolute Gasteiger partial charge is 0.345 e. The molecule has 0 fully saturated rings. The molecule has 3 atom stereocenters. The third kappa shape index (κ3) is 7.51. The molecule has 1 amide bonds. The van der Waals surface area contributed by atoms with E-state index in [2.05, 4.69) is 31.1 Å². The van der Waals surface area contributed by atoms with E-state index in [1.165, 1.54) is 6.21 Å². The second-order valence-corrected chi connectivity index (χ2v) is 10.9. The maximum Gasteiger partial charge on any atom is 0.345 e. The van der Waals surface area contributed by atoms with Crippen LogP contribution in [0.25, 0.3) is 0 Å². The third-order valence-corrected chi connectivity index (χ3v) is 7.95. The van der Waals surface area contributed by atoms with Gasteiger partial charge in [0.1, 0.15) is 6.29 Å². The van der Waals surface area contributed by atoms with E-state index in [9.17, 15) is 23.1 Å². The average Bonchev–Trinajstić information content (AvgIpc) is 3.36. The fourth-order valence-electron chi connectivity index (χ4n) is 4.50. The predicted molar refractivity (Wildman–Crippen MR) is 138 cm³/mol. The number of carboxylic acids is 1. The standard InChI is InChI=1S/C24H36N6O6S/c1-16-14-17(2)20(18(3)15-16)37(34,35)30-24(22(32)33,29-21(31)19-8-13-28-36-19)9-5-4-6-10-25-23-26-11-7-12-27-23/h7,11,13-15,19,23,25-27,30H,4-6,8-10,12H2,1-3H3,(H,29,31)(H,32,33). The average molecular weight is 537 g/mol. The molecule has 2 aliphatic rings. The molecule has 2 aliphatic heterocycles. The Morgan fingerprint density at radius 1 is 1.19 bits per heavy atom. The Balaban J connectivity index is 1.75. The Bertz CT molecular complexity index is 1120. The van der Waals surface area contributed by atoms with Gasteiger partial charge in [-0.2, -0.15) is 4.72 Å². The van der Waals surface area contributed by atoms with Gasteiger partial charge in [0.05, 0.1) is 4.90 Å². The number of aliphatic carboxylic acids is 1. The van der Waals surface area contributed by atoms with Crippen molar-refractivity contribution < 1.29 is 28.0 Å². The lowest BCUT2D eigenvalue weighted by Gasteiger charge is -2.32. The highest BCUT2D eigenvalue weighted by molar-refractivity contribution is 7.89. The summed E-state index contributed by atoms with van der Waals surface area (Å²) >= 11 is 0. The van der Waals surface area contributed by atoms with Crippen molar-refractivity contribution in [2.24, 2.45) is 5.16 Å². The highest BCUT2D eigenvalue weighted by Gasteiger charge is 2.45. The van der Waals surface area contributed by atoms with E-state index in [4.69, 9.17) is 4.84 Å². The maximum absolute atomic E-state index is 13.5. The zero-order valence-corrected chi connectivity index (χ0v) is 22.2. The monoisotopic (exact) mass is 536 g/mol. The van der Waals surface area contributed by atoms with Crippen LogP contribution in [0.3, 0.4) is 0 Å². The molecule has 0 bridgehead atoms. The Morgan fingerprint density at radius 3 is 2.51 bits per heavy atom. The number of rotatable bonds is 13. The summed E-state index contributed by atoms with van der Waals surface area (Å²) in [5, 5.41) is 25.8. The van der Waals surface area contributed by atoms with E-state index >= 15 is 0 Å². The molecule has 0 saturated carbocycles. The molecule has 3 unspecified atom stereocenters. The van der Waals surface area contributed by atoms with Gasteiger partial charge in [0.15, 0.2) is 0 Å². The number of nitrogens with one attached hydrogen (secondary N) is 5. The van der Waals surface area contributed by atoms with Crippen molar-refractivity contribution in [3.8, 4) is 0 Å². The van der Waals surface area contributed by atoms with Gasteiger partial charge in [-0.1, -0.05) is 35.3 Å². The molecule has 6 N–H and O–H groups in total. The summed E-state index contributed by atoms with van der Waals surface area (Å²) in [6.45, 7) is 6.56. The Labute approximate surface area is 217 Å². The van der Waals surface area contributed by atoms with Crippen LogP contribution in [-0.4, -0.2) is 62.8 Å². The summed E-state index contributed by atoms with van der Waals surface area (Å²) in [7, 11) is -4.33. The Hall–Kier alpha value is -3.00. The lowest BCUT2D eigenvalue weighted by atomic mass is 10.0. The van der Waals surface area contributed by atoms with E-state index in [0.717, 1.165) is 18.5 Å². The summed E-state index contributed by atoms with van der Waals surface area (Å²) in [6.07, 6.45) is 5.81. The fraction of sp³-hybridized carbons (Fsp3) is 0.542. The van der Waals surface area contributed by atoms with Gasteiger partial charge in [0.2, 0.25) is 21.8 Å². The SMILES string of the molecule is Cc1cc(C)c(S(=O)(=O)NC(CCCCCNC2NC=CCN2)(NC(=O)C2CC=NO2)C(=O)O)c(C)c1. The van der Waals surface area contributed by atoms with E-state index in [1.807, 2.05) is 19.2 Å². The zero-order chi connectivity index (χ0) is 27.1. The maximum atomic E-state index is 13.5. The van der Waals surface area contributed by atoms with Crippen molar-refractivity contribution in [2.45, 2.75) is 75.8 Å². The minimum absolute atomic E-state index is 0.0100. The van der Waals surface area contributed by atoms with Crippen molar-refractivity contribution in [1.82, 2.24) is 26.0 Å². The first kappa shape index (κ1) is 28.6. The van der Waals surface area contributed by atoms with Crippen LogP contribution in [-0.2, 0) is 24.4 Å². The van der Waals surface area contributed by atoms with Gasteiger partial charge in [-0.15, -0.1) is 0 Å². The van der Waals surface area contributed by atoms with Crippen molar-refractivity contribution >= 4 is 28.1 Å². The van der Waals surface area contributed by atoms with Crippen LogP contribution in [0.5, 0.6) is 0 Å². The van der Waals surface area contributed by atoms with E-state index in [-0.39, 0.29) is 24.0 Å². The van der Waals surface area contributed by atoms with E-state index < -0.39 is 33.7 Å². The molecular weight excluding hydrogens is 500 g/mol. The summed E-state index contributed by atoms with van der Waals surface area (Å²) in [4.78, 5) is 30.4. The topological polar surface area (TPSA) is 170 Å². The molecular formula is C24H36N6O6S. The van der Waals surface area contributed by atoms with E-state index in [1.54, 1.807) is 26.0 Å². The molecule has 0 aliphatic carbocycles. The number of hydrogen-bond acceptors (Lipinski definition) is 9. The molecule has 2 heterocycles. The number of aryl methyl sites for hydroxylation is 3.